The fourth-order valence-electron chi connectivity index (χ4n) is 2.57. The van der Waals surface area contributed by atoms with Gasteiger partial charge in [-0.05, 0) is 18.2 Å². The SMILES string of the molecule is O=C(Nc1nc2c(s1)COCC2)c1cc(Cl)cc2cccnc12. The van der Waals surface area contributed by atoms with E-state index in [4.69, 9.17) is 16.3 Å². The second-order valence-electron chi connectivity index (χ2n) is 5.17. The molecule has 0 radical (unpaired) electrons. The molecule has 0 spiro atoms. The van der Waals surface area contributed by atoms with Gasteiger partial charge < -0.3 is 4.74 Å². The number of ether oxygens (including phenoxy) is 1. The summed E-state index contributed by atoms with van der Waals surface area (Å²) in [6, 6.07) is 7.11. The molecule has 7 heteroatoms. The number of anilines is 1. The van der Waals surface area contributed by atoms with Gasteiger partial charge in [0.25, 0.3) is 5.91 Å². The quantitative estimate of drug-likeness (QED) is 0.769. The third-order valence-electron chi connectivity index (χ3n) is 3.63. The summed E-state index contributed by atoms with van der Waals surface area (Å²) in [5.41, 5.74) is 2.07. The first-order chi connectivity index (χ1) is 11.2. The molecule has 1 amide bonds. The minimum absolute atomic E-state index is 0.261. The smallest absolute Gasteiger partial charge is 0.259 e. The lowest BCUT2D eigenvalue weighted by molar-refractivity contribution is 0.102. The molecule has 1 aliphatic heterocycles. The summed E-state index contributed by atoms with van der Waals surface area (Å²) in [6.07, 6.45) is 2.44. The monoisotopic (exact) mass is 345 g/mol. The van der Waals surface area contributed by atoms with E-state index < -0.39 is 0 Å². The summed E-state index contributed by atoms with van der Waals surface area (Å²) in [7, 11) is 0. The van der Waals surface area contributed by atoms with Gasteiger partial charge in [0.15, 0.2) is 5.13 Å². The zero-order chi connectivity index (χ0) is 15.8. The van der Waals surface area contributed by atoms with Crippen LogP contribution in [-0.4, -0.2) is 22.5 Å². The van der Waals surface area contributed by atoms with E-state index in [1.807, 2.05) is 12.1 Å². The van der Waals surface area contributed by atoms with Crippen LogP contribution in [0, 0.1) is 0 Å². The molecule has 0 unspecified atom stereocenters. The number of pyridine rings is 1. The van der Waals surface area contributed by atoms with E-state index in [2.05, 4.69) is 15.3 Å². The summed E-state index contributed by atoms with van der Waals surface area (Å²) < 4.78 is 5.40. The van der Waals surface area contributed by atoms with Crippen LogP contribution in [0.15, 0.2) is 30.5 Å². The topological polar surface area (TPSA) is 64.1 Å². The number of benzene rings is 1. The van der Waals surface area contributed by atoms with Crippen molar-refractivity contribution in [2.75, 3.05) is 11.9 Å². The molecular formula is C16H12ClN3O2S. The van der Waals surface area contributed by atoms with Gasteiger partial charge in [-0.2, -0.15) is 0 Å². The molecule has 1 aromatic carbocycles. The number of hydrogen-bond donors (Lipinski definition) is 1. The second kappa shape index (κ2) is 5.88. The predicted octanol–water partition coefficient (Wildman–Crippen LogP) is 3.67. The van der Waals surface area contributed by atoms with E-state index in [0.29, 0.717) is 34.4 Å². The molecule has 1 N–H and O–H groups in total. The molecule has 23 heavy (non-hydrogen) atoms. The van der Waals surface area contributed by atoms with E-state index in [-0.39, 0.29) is 5.91 Å². The predicted molar refractivity (Wildman–Crippen MR) is 90.2 cm³/mol. The minimum atomic E-state index is -0.261. The molecule has 5 nitrogen and oxygen atoms in total. The van der Waals surface area contributed by atoms with Crippen LogP contribution in [0.3, 0.4) is 0 Å². The summed E-state index contributed by atoms with van der Waals surface area (Å²) in [6.45, 7) is 1.23. The maximum Gasteiger partial charge on any atom is 0.259 e. The normalized spacial score (nSPS) is 13.8. The Balaban J connectivity index is 1.68. The van der Waals surface area contributed by atoms with Gasteiger partial charge in [0.05, 0.1) is 34.9 Å². The average molecular weight is 346 g/mol. The van der Waals surface area contributed by atoms with Crippen molar-refractivity contribution in [1.29, 1.82) is 0 Å². The van der Waals surface area contributed by atoms with Gasteiger partial charge in [-0.3, -0.25) is 15.1 Å². The van der Waals surface area contributed by atoms with Crippen LogP contribution >= 0.6 is 22.9 Å². The number of rotatable bonds is 2. The number of carbonyl (C=O) groups is 1. The third kappa shape index (κ3) is 2.81. The number of thiazole rings is 1. The van der Waals surface area contributed by atoms with Crippen molar-refractivity contribution in [3.8, 4) is 0 Å². The highest BCUT2D eigenvalue weighted by molar-refractivity contribution is 7.15. The fourth-order valence-corrected chi connectivity index (χ4v) is 3.74. The van der Waals surface area contributed by atoms with E-state index in [1.54, 1.807) is 18.3 Å². The lowest BCUT2D eigenvalue weighted by Crippen LogP contribution is -2.13. The van der Waals surface area contributed by atoms with Crippen molar-refractivity contribution in [2.24, 2.45) is 0 Å². The molecule has 2 aromatic heterocycles. The Kier molecular flexibility index (Phi) is 3.72. The number of hydrogen-bond acceptors (Lipinski definition) is 5. The molecule has 0 fully saturated rings. The second-order valence-corrected chi connectivity index (χ2v) is 6.69. The Morgan fingerprint density at radius 2 is 2.30 bits per heavy atom. The Bertz CT molecular complexity index is 886. The number of amides is 1. The summed E-state index contributed by atoms with van der Waals surface area (Å²) >= 11 is 7.56. The van der Waals surface area contributed by atoms with Gasteiger partial charge in [-0.15, -0.1) is 0 Å². The molecule has 3 heterocycles. The van der Waals surface area contributed by atoms with Crippen molar-refractivity contribution < 1.29 is 9.53 Å². The van der Waals surface area contributed by atoms with Crippen LogP contribution in [0.4, 0.5) is 5.13 Å². The van der Waals surface area contributed by atoms with Crippen molar-refractivity contribution >= 4 is 44.9 Å². The molecule has 0 aliphatic carbocycles. The number of halogens is 1. The Morgan fingerprint density at radius 3 is 3.17 bits per heavy atom. The highest BCUT2D eigenvalue weighted by Crippen LogP contribution is 2.28. The largest absolute Gasteiger partial charge is 0.375 e. The molecule has 3 aromatic rings. The van der Waals surface area contributed by atoms with Gasteiger partial charge in [0.2, 0.25) is 0 Å². The summed E-state index contributed by atoms with van der Waals surface area (Å²) in [5.74, 6) is -0.261. The summed E-state index contributed by atoms with van der Waals surface area (Å²) in [5, 5.41) is 4.76. The Labute approximate surface area is 141 Å². The summed E-state index contributed by atoms with van der Waals surface area (Å²) in [4.78, 5) is 22.5. The average Bonchev–Trinajstić information content (AvgIpc) is 2.96. The Hall–Kier alpha value is -2.02. The highest BCUT2D eigenvalue weighted by atomic mass is 35.5. The lowest BCUT2D eigenvalue weighted by atomic mass is 10.1. The molecule has 4 rings (SSSR count). The molecule has 0 atom stereocenters. The standard InChI is InChI=1S/C16H12ClN3O2S/c17-10-6-9-2-1-4-18-14(9)11(7-10)15(21)20-16-19-12-3-5-22-8-13(12)23-16/h1-2,4,6-7H,3,5,8H2,(H,19,20,21). The molecular weight excluding hydrogens is 334 g/mol. The van der Waals surface area contributed by atoms with Gasteiger partial charge in [0.1, 0.15) is 0 Å². The van der Waals surface area contributed by atoms with Crippen LogP contribution in [0.25, 0.3) is 10.9 Å². The molecule has 0 saturated carbocycles. The third-order valence-corrected chi connectivity index (χ3v) is 4.83. The van der Waals surface area contributed by atoms with Crippen molar-refractivity contribution in [3.63, 3.8) is 0 Å². The lowest BCUT2D eigenvalue weighted by Gasteiger charge is -2.08. The molecule has 116 valence electrons. The zero-order valence-electron chi connectivity index (χ0n) is 12.0. The first kappa shape index (κ1) is 14.6. The van der Waals surface area contributed by atoms with Crippen molar-refractivity contribution in [2.45, 2.75) is 13.0 Å². The van der Waals surface area contributed by atoms with Crippen LogP contribution in [-0.2, 0) is 17.8 Å². The number of fused-ring (bicyclic) bond motifs is 2. The van der Waals surface area contributed by atoms with E-state index in [0.717, 1.165) is 22.4 Å². The van der Waals surface area contributed by atoms with Gasteiger partial charge in [0, 0.05) is 23.0 Å². The fraction of sp³-hybridized carbons (Fsp3) is 0.188. The number of nitrogens with zero attached hydrogens (tertiary/aromatic N) is 2. The zero-order valence-corrected chi connectivity index (χ0v) is 13.6. The maximum absolute atomic E-state index is 12.6. The van der Waals surface area contributed by atoms with Gasteiger partial charge >= 0.3 is 0 Å². The minimum Gasteiger partial charge on any atom is -0.375 e. The number of aromatic nitrogens is 2. The Morgan fingerprint density at radius 1 is 1.39 bits per heavy atom. The van der Waals surface area contributed by atoms with Crippen molar-refractivity contribution in [3.05, 3.63) is 51.6 Å². The number of carbonyl (C=O) groups excluding carboxylic acids is 1. The van der Waals surface area contributed by atoms with Crippen LogP contribution in [0.5, 0.6) is 0 Å². The number of nitrogens with one attached hydrogen (secondary N) is 1. The van der Waals surface area contributed by atoms with Gasteiger partial charge in [-0.1, -0.05) is 29.0 Å². The van der Waals surface area contributed by atoms with Crippen molar-refractivity contribution in [1.82, 2.24) is 9.97 Å². The van der Waals surface area contributed by atoms with E-state index >= 15 is 0 Å². The van der Waals surface area contributed by atoms with E-state index in [1.165, 1.54) is 11.3 Å². The van der Waals surface area contributed by atoms with Crippen LogP contribution < -0.4 is 5.32 Å². The first-order valence-corrected chi connectivity index (χ1v) is 8.32. The van der Waals surface area contributed by atoms with Crippen LogP contribution in [0.1, 0.15) is 20.9 Å². The molecule has 0 bridgehead atoms. The highest BCUT2D eigenvalue weighted by Gasteiger charge is 2.18. The van der Waals surface area contributed by atoms with Gasteiger partial charge in [-0.25, -0.2) is 4.98 Å². The molecule has 1 aliphatic rings. The maximum atomic E-state index is 12.6. The first-order valence-electron chi connectivity index (χ1n) is 7.12. The molecule has 0 saturated heterocycles. The van der Waals surface area contributed by atoms with E-state index in [9.17, 15) is 4.79 Å². The van der Waals surface area contributed by atoms with Crippen LogP contribution in [0.2, 0.25) is 5.02 Å².